The fourth-order valence-electron chi connectivity index (χ4n) is 1.81. The van der Waals surface area contributed by atoms with Gasteiger partial charge in [-0.25, -0.2) is 4.98 Å². The SMILES string of the molecule is Cc1cccnc1NCc1ccc(OC(C)C)cc1. The van der Waals surface area contributed by atoms with Gasteiger partial charge in [0, 0.05) is 12.7 Å². The van der Waals surface area contributed by atoms with Crippen molar-refractivity contribution in [1.29, 1.82) is 0 Å². The summed E-state index contributed by atoms with van der Waals surface area (Å²) in [5, 5.41) is 3.34. The van der Waals surface area contributed by atoms with E-state index in [1.807, 2.05) is 32.0 Å². The molecular formula is C16H20N2O. The van der Waals surface area contributed by atoms with Gasteiger partial charge >= 0.3 is 0 Å². The van der Waals surface area contributed by atoms with Gasteiger partial charge in [0.2, 0.25) is 0 Å². The minimum absolute atomic E-state index is 0.208. The Morgan fingerprint density at radius 3 is 2.53 bits per heavy atom. The van der Waals surface area contributed by atoms with E-state index in [0.717, 1.165) is 23.7 Å². The Hall–Kier alpha value is -2.03. The predicted molar refractivity (Wildman–Crippen MR) is 78.5 cm³/mol. The first-order valence-corrected chi connectivity index (χ1v) is 6.56. The van der Waals surface area contributed by atoms with Crippen molar-refractivity contribution in [2.75, 3.05) is 5.32 Å². The number of anilines is 1. The summed E-state index contributed by atoms with van der Waals surface area (Å²) in [5.41, 5.74) is 2.36. The molecule has 0 bridgehead atoms. The summed E-state index contributed by atoms with van der Waals surface area (Å²) < 4.78 is 5.62. The predicted octanol–water partition coefficient (Wildman–Crippen LogP) is 3.79. The van der Waals surface area contributed by atoms with E-state index in [9.17, 15) is 0 Å². The van der Waals surface area contributed by atoms with Crippen LogP contribution < -0.4 is 10.1 Å². The van der Waals surface area contributed by atoms with E-state index in [1.165, 1.54) is 5.56 Å². The average molecular weight is 256 g/mol. The highest BCUT2D eigenvalue weighted by molar-refractivity contribution is 5.43. The molecule has 2 aromatic rings. The first-order valence-electron chi connectivity index (χ1n) is 6.56. The van der Waals surface area contributed by atoms with Gasteiger partial charge in [0.25, 0.3) is 0 Å². The Morgan fingerprint density at radius 2 is 1.89 bits per heavy atom. The highest BCUT2D eigenvalue weighted by Crippen LogP contribution is 2.15. The van der Waals surface area contributed by atoms with Crippen molar-refractivity contribution in [3.05, 3.63) is 53.7 Å². The lowest BCUT2D eigenvalue weighted by Crippen LogP contribution is -2.06. The standard InChI is InChI=1S/C16H20N2O/c1-12(2)19-15-8-6-14(7-9-15)11-18-16-13(3)5-4-10-17-16/h4-10,12H,11H2,1-3H3,(H,17,18). The maximum Gasteiger partial charge on any atom is 0.129 e. The number of pyridine rings is 1. The molecule has 3 heteroatoms. The van der Waals surface area contributed by atoms with Crippen molar-refractivity contribution in [1.82, 2.24) is 4.98 Å². The molecule has 0 aliphatic rings. The van der Waals surface area contributed by atoms with Crippen LogP contribution in [0.15, 0.2) is 42.6 Å². The van der Waals surface area contributed by atoms with Crippen molar-refractivity contribution in [3.63, 3.8) is 0 Å². The molecule has 0 fully saturated rings. The van der Waals surface area contributed by atoms with Crippen LogP contribution in [0.2, 0.25) is 0 Å². The molecule has 3 nitrogen and oxygen atoms in total. The lowest BCUT2D eigenvalue weighted by Gasteiger charge is -2.11. The third kappa shape index (κ3) is 3.98. The highest BCUT2D eigenvalue weighted by atomic mass is 16.5. The van der Waals surface area contributed by atoms with E-state index < -0.39 is 0 Å². The number of ether oxygens (including phenoxy) is 1. The molecule has 100 valence electrons. The van der Waals surface area contributed by atoms with Gasteiger partial charge in [0.15, 0.2) is 0 Å². The van der Waals surface area contributed by atoms with E-state index in [0.29, 0.717) is 0 Å². The van der Waals surface area contributed by atoms with Crippen LogP contribution >= 0.6 is 0 Å². The van der Waals surface area contributed by atoms with Crippen molar-refractivity contribution in [2.45, 2.75) is 33.4 Å². The molecule has 0 amide bonds. The largest absolute Gasteiger partial charge is 0.491 e. The van der Waals surface area contributed by atoms with E-state index in [4.69, 9.17) is 4.74 Å². The molecule has 1 aromatic carbocycles. The maximum atomic E-state index is 5.62. The second kappa shape index (κ2) is 6.23. The van der Waals surface area contributed by atoms with Crippen LogP contribution in [-0.2, 0) is 6.54 Å². The molecule has 0 saturated heterocycles. The van der Waals surface area contributed by atoms with Gasteiger partial charge in [-0.3, -0.25) is 0 Å². The van der Waals surface area contributed by atoms with Crippen molar-refractivity contribution < 1.29 is 4.74 Å². The van der Waals surface area contributed by atoms with E-state index >= 15 is 0 Å². The van der Waals surface area contributed by atoms with Gasteiger partial charge in [0.05, 0.1) is 6.10 Å². The van der Waals surface area contributed by atoms with Gasteiger partial charge in [-0.2, -0.15) is 0 Å². The van der Waals surface area contributed by atoms with E-state index in [1.54, 1.807) is 6.20 Å². The van der Waals surface area contributed by atoms with Crippen molar-refractivity contribution in [3.8, 4) is 5.75 Å². The number of nitrogens with one attached hydrogen (secondary N) is 1. The van der Waals surface area contributed by atoms with Gasteiger partial charge in [-0.05, 0) is 50.1 Å². The zero-order chi connectivity index (χ0) is 13.7. The molecule has 0 saturated carbocycles. The number of hydrogen-bond donors (Lipinski definition) is 1. The van der Waals surface area contributed by atoms with Crippen LogP contribution in [0.1, 0.15) is 25.0 Å². The molecule has 0 radical (unpaired) electrons. The number of benzene rings is 1. The van der Waals surface area contributed by atoms with Crippen molar-refractivity contribution in [2.24, 2.45) is 0 Å². The molecule has 1 N–H and O–H groups in total. The van der Waals surface area contributed by atoms with Gasteiger partial charge in [-0.15, -0.1) is 0 Å². The van der Waals surface area contributed by atoms with Crippen LogP contribution in [0.5, 0.6) is 5.75 Å². The summed E-state index contributed by atoms with van der Waals surface area (Å²) in [6.07, 6.45) is 2.01. The normalized spacial score (nSPS) is 10.5. The number of rotatable bonds is 5. The molecule has 0 aliphatic heterocycles. The topological polar surface area (TPSA) is 34.2 Å². The quantitative estimate of drug-likeness (QED) is 0.883. The zero-order valence-electron chi connectivity index (χ0n) is 11.7. The Bertz CT molecular complexity index is 521. The van der Waals surface area contributed by atoms with E-state index in [2.05, 4.69) is 35.4 Å². The Balaban J connectivity index is 1.95. The maximum absolute atomic E-state index is 5.62. The Morgan fingerprint density at radius 1 is 1.16 bits per heavy atom. The molecule has 1 aromatic heterocycles. The highest BCUT2D eigenvalue weighted by Gasteiger charge is 2.00. The fraction of sp³-hybridized carbons (Fsp3) is 0.312. The first kappa shape index (κ1) is 13.4. The van der Waals surface area contributed by atoms with E-state index in [-0.39, 0.29) is 6.10 Å². The molecule has 0 atom stereocenters. The van der Waals surface area contributed by atoms with Gasteiger partial charge < -0.3 is 10.1 Å². The third-order valence-corrected chi connectivity index (χ3v) is 2.76. The number of nitrogens with zero attached hydrogens (tertiary/aromatic N) is 1. The minimum atomic E-state index is 0.208. The molecule has 0 aliphatic carbocycles. The number of aromatic nitrogens is 1. The Kier molecular flexibility index (Phi) is 4.39. The second-order valence-corrected chi connectivity index (χ2v) is 4.83. The van der Waals surface area contributed by atoms with Crippen LogP contribution in [-0.4, -0.2) is 11.1 Å². The van der Waals surface area contributed by atoms with Crippen molar-refractivity contribution >= 4 is 5.82 Å². The molecule has 0 spiro atoms. The third-order valence-electron chi connectivity index (χ3n) is 2.76. The van der Waals surface area contributed by atoms with Gasteiger partial charge in [-0.1, -0.05) is 18.2 Å². The lowest BCUT2D eigenvalue weighted by molar-refractivity contribution is 0.242. The molecule has 2 rings (SSSR count). The monoisotopic (exact) mass is 256 g/mol. The summed E-state index contributed by atoms with van der Waals surface area (Å²) in [6, 6.07) is 12.1. The van der Waals surface area contributed by atoms with Crippen LogP contribution in [0.3, 0.4) is 0 Å². The summed E-state index contributed by atoms with van der Waals surface area (Å²) in [4.78, 5) is 4.31. The van der Waals surface area contributed by atoms with Crippen LogP contribution in [0.25, 0.3) is 0 Å². The van der Waals surface area contributed by atoms with Crippen LogP contribution in [0.4, 0.5) is 5.82 Å². The second-order valence-electron chi connectivity index (χ2n) is 4.83. The molecule has 1 heterocycles. The number of aryl methyl sites for hydroxylation is 1. The minimum Gasteiger partial charge on any atom is -0.491 e. The Labute approximate surface area is 114 Å². The first-order chi connectivity index (χ1) is 9.15. The summed E-state index contributed by atoms with van der Waals surface area (Å²) in [6.45, 7) is 6.87. The lowest BCUT2D eigenvalue weighted by atomic mass is 10.2. The molecule has 0 unspecified atom stereocenters. The summed E-state index contributed by atoms with van der Waals surface area (Å²) in [5.74, 6) is 1.85. The smallest absolute Gasteiger partial charge is 0.129 e. The molecule has 19 heavy (non-hydrogen) atoms. The zero-order valence-corrected chi connectivity index (χ0v) is 11.7. The van der Waals surface area contributed by atoms with Gasteiger partial charge in [0.1, 0.15) is 11.6 Å². The average Bonchev–Trinajstić information content (AvgIpc) is 2.39. The van der Waals surface area contributed by atoms with Crippen LogP contribution in [0, 0.1) is 6.92 Å². The number of hydrogen-bond acceptors (Lipinski definition) is 3. The molecular weight excluding hydrogens is 236 g/mol. The summed E-state index contributed by atoms with van der Waals surface area (Å²) in [7, 11) is 0. The summed E-state index contributed by atoms with van der Waals surface area (Å²) >= 11 is 0. The fourth-order valence-corrected chi connectivity index (χ4v) is 1.81.